The summed E-state index contributed by atoms with van der Waals surface area (Å²) in [6.45, 7) is 0. The largest absolute Gasteiger partial charge is 0.465 e. The van der Waals surface area contributed by atoms with Gasteiger partial charge in [-0.1, -0.05) is 11.6 Å². The van der Waals surface area contributed by atoms with Gasteiger partial charge in [-0.15, -0.1) is 0 Å². The Morgan fingerprint density at radius 2 is 2.22 bits per heavy atom. The van der Waals surface area contributed by atoms with Crippen LogP contribution in [0.15, 0.2) is 12.1 Å². The molecule has 0 saturated carbocycles. The SMILES string of the molecule is COC(=O)c1cc(NS(=O)O)c(Cl)c([N+](=O)[O-])c1. The molecule has 0 amide bonds. The number of nitro benzene ring substituents is 1. The van der Waals surface area contributed by atoms with Crippen molar-refractivity contribution in [1.82, 2.24) is 0 Å². The van der Waals surface area contributed by atoms with Crippen molar-refractivity contribution < 1.29 is 23.2 Å². The molecule has 0 heterocycles. The van der Waals surface area contributed by atoms with Crippen LogP contribution in [0.2, 0.25) is 5.02 Å². The number of methoxy groups -OCH3 is 1. The number of hydrogen-bond donors (Lipinski definition) is 2. The predicted molar refractivity (Wildman–Crippen MR) is 63.8 cm³/mol. The lowest BCUT2D eigenvalue weighted by Crippen LogP contribution is -2.07. The Bertz CT molecular complexity index is 535. The van der Waals surface area contributed by atoms with Crippen molar-refractivity contribution in [3.05, 3.63) is 32.8 Å². The van der Waals surface area contributed by atoms with Gasteiger partial charge >= 0.3 is 5.97 Å². The van der Waals surface area contributed by atoms with E-state index in [-0.39, 0.29) is 16.3 Å². The van der Waals surface area contributed by atoms with Gasteiger partial charge in [-0.05, 0) is 6.07 Å². The number of carbonyl (C=O) groups is 1. The van der Waals surface area contributed by atoms with Crippen LogP contribution in [0, 0.1) is 10.1 Å². The molecule has 1 atom stereocenters. The first-order valence-corrected chi connectivity index (χ1v) is 5.79. The molecule has 0 radical (unpaired) electrons. The highest BCUT2D eigenvalue weighted by Gasteiger charge is 2.21. The maximum atomic E-state index is 11.3. The summed E-state index contributed by atoms with van der Waals surface area (Å²) in [6.07, 6.45) is 0. The predicted octanol–water partition coefficient (Wildman–Crippen LogP) is 1.58. The number of halogens is 1. The zero-order chi connectivity index (χ0) is 13.9. The molecule has 1 unspecified atom stereocenters. The van der Waals surface area contributed by atoms with Crippen molar-refractivity contribution >= 4 is 40.2 Å². The van der Waals surface area contributed by atoms with Crippen LogP contribution in [0.25, 0.3) is 0 Å². The van der Waals surface area contributed by atoms with Gasteiger partial charge in [0.15, 0.2) is 0 Å². The molecule has 0 spiro atoms. The van der Waals surface area contributed by atoms with E-state index in [0.717, 1.165) is 19.2 Å². The fourth-order valence-electron chi connectivity index (χ4n) is 1.15. The molecule has 0 fully saturated rings. The Labute approximate surface area is 108 Å². The van der Waals surface area contributed by atoms with E-state index < -0.39 is 27.8 Å². The lowest BCUT2D eigenvalue weighted by atomic mass is 10.2. The normalized spacial score (nSPS) is 11.7. The molecule has 18 heavy (non-hydrogen) atoms. The van der Waals surface area contributed by atoms with E-state index >= 15 is 0 Å². The lowest BCUT2D eigenvalue weighted by Gasteiger charge is -2.07. The second-order valence-electron chi connectivity index (χ2n) is 2.96. The van der Waals surface area contributed by atoms with Crippen LogP contribution in [-0.4, -0.2) is 26.8 Å². The second-order valence-corrected chi connectivity index (χ2v) is 4.04. The quantitative estimate of drug-likeness (QED) is 0.376. The zero-order valence-corrected chi connectivity index (χ0v) is 10.4. The summed E-state index contributed by atoms with van der Waals surface area (Å²) < 4.78 is 25.6. The highest BCUT2D eigenvalue weighted by Crippen LogP contribution is 2.33. The van der Waals surface area contributed by atoms with Gasteiger partial charge in [0.25, 0.3) is 17.0 Å². The van der Waals surface area contributed by atoms with Crippen LogP contribution < -0.4 is 4.72 Å². The van der Waals surface area contributed by atoms with E-state index in [4.69, 9.17) is 16.2 Å². The topological polar surface area (TPSA) is 119 Å². The Balaban J connectivity index is 3.41. The summed E-state index contributed by atoms with van der Waals surface area (Å²) in [7, 11) is 1.10. The van der Waals surface area contributed by atoms with E-state index in [1.165, 1.54) is 0 Å². The minimum Gasteiger partial charge on any atom is -0.465 e. The monoisotopic (exact) mass is 294 g/mol. The van der Waals surface area contributed by atoms with Crippen LogP contribution in [0.3, 0.4) is 0 Å². The molecule has 0 aromatic heterocycles. The molecule has 0 bridgehead atoms. The molecule has 2 N–H and O–H groups in total. The Kier molecular flexibility index (Phi) is 4.59. The summed E-state index contributed by atoms with van der Waals surface area (Å²) in [6, 6.07) is 1.99. The van der Waals surface area contributed by atoms with Gasteiger partial charge in [-0.25, -0.2) is 9.00 Å². The fourth-order valence-corrected chi connectivity index (χ4v) is 1.78. The lowest BCUT2D eigenvalue weighted by molar-refractivity contribution is -0.384. The van der Waals surface area contributed by atoms with Crippen molar-refractivity contribution in [1.29, 1.82) is 0 Å². The van der Waals surface area contributed by atoms with Crippen molar-refractivity contribution in [2.45, 2.75) is 0 Å². The Hall–Kier alpha value is -1.71. The Morgan fingerprint density at radius 3 is 2.67 bits per heavy atom. The number of ether oxygens (including phenoxy) is 1. The third kappa shape index (κ3) is 3.15. The first kappa shape index (κ1) is 14.4. The van der Waals surface area contributed by atoms with Gasteiger partial charge in [0, 0.05) is 6.07 Å². The first-order chi connectivity index (χ1) is 8.36. The second kappa shape index (κ2) is 5.76. The van der Waals surface area contributed by atoms with Crippen LogP contribution in [0.5, 0.6) is 0 Å². The number of rotatable bonds is 4. The number of nitro groups is 1. The van der Waals surface area contributed by atoms with Crippen molar-refractivity contribution in [3.63, 3.8) is 0 Å². The van der Waals surface area contributed by atoms with E-state index in [2.05, 4.69) is 4.74 Å². The number of carbonyl (C=O) groups excluding carboxylic acids is 1. The van der Waals surface area contributed by atoms with Gasteiger partial charge in [0.1, 0.15) is 5.02 Å². The first-order valence-electron chi connectivity index (χ1n) is 4.30. The van der Waals surface area contributed by atoms with Crippen molar-refractivity contribution in [3.8, 4) is 0 Å². The number of esters is 1. The number of benzene rings is 1. The van der Waals surface area contributed by atoms with Gasteiger partial charge in [-0.3, -0.25) is 19.4 Å². The molecule has 98 valence electrons. The molecular weight excluding hydrogens is 288 g/mol. The third-order valence-electron chi connectivity index (χ3n) is 1.87. The minimum absolute atomic E-state index is 0.165. The van der Waals surface area contributed by atoms with E-state index in [1.807, 2.05) is 4.72 Å². The van der Waals surface area contributed by atoms with Gasteiger partial charge in [0.2, 0.25) is 0 Å². The average molecular weight is 295 g/mol. The van der Waals surface area contributed by atoms with Crippen LogP contribution in [0.4, 0.5) is 11.4 Å². The third-order valence-corrected chi connectivity index (χ3v) is 2.66. The van der Waals surface area contributed by atoms with Crippen LogP contribution >= 0.6 is 11.6 Å². The molecule has 10 heteroatoms. The minimum atomic E-state index is -2.48. The molecule has 1 aromatic rings. The number of anilines is 1. The summed E-state index contributed by atoms with van der Waals surface area (Å²) >= 11 is 3.18. The number of nitrogens with zero attached hydrogens (tertiary/aromatic N) is 1. The van der Waals surface area contributed by atoms with Crippen LogP contribution in [-0.2, 0) is 16.0 Å². The maximum absolute atomic E-state index is 11.3. The highest BCUT2D eigenvalue weighted by atomic mass is 35.5. The molecule has 0 aliphatic rings. The maximum Gasteiger partial charge on any atom is 0.338 e. The van der Waals surface area contributed by atoms with Gasteiger partial charge < -0.3 is 4.74 Å². The zero-order valence-electron chi connectivity index (χ0n) is 8.88. The summed E-state index contributed by atoms with van der Waals surface area (Å²) in [5.74, 6) is -0.832. The molecular formula is C8H7ClN2O6S. The van der Waals surface area contributed by atoms with Gasteiger partial charge in [0.05, 0.1) is 23.3 Å². The van der Waals surface area contributed by atoms with Gasteiger partial charge in [-0.2, -0.15) is 0 Å². The van der Waals surface area contributed by atoms with E-state index in [0.29, 0.717) is 0 Å². The van der Waals surface area contributed by atoms with E-state index in [9.17, 15) is 19.1 Å². The smallest absolute Gasteiger partial charge is 0.338 e. The molecule has 1 aromatic carbocycles. The molecule has 0 saturated heterocycles. The number of nitrogens with one attached hydrogen (secondary N) is 1. The standard InChI is InChI=1S/C8H7ClN2O6S/c1-17-8(12)4-2-5(10-18(15)16)7(9)6(3-4)11(13)14/h2-3,10H,1H3,(H,15,16). The molecule has 1 rings (SSSR count). The highest BCUT2D eigenvalue weighted by molar-refractivity contribution is 7.80. The van der Waals surface area contributed by atoms with Crippen molar-refractivity contribution in [2.24, 2.45) is 0 Å². The van der Waals surface area contributed by atoms with E-state index in [1.54, 1.807) is 0 Å². The number of hydrogen-bond acceptors (Lipinski definition) is 5. The average Bonchev–Trinajstić information content (AvgIpc) is 2.29. The van der Waals surface area contributed by atoms with Crippen LogP contribution in [0.1, 0.15) is 10.4 Å². The summed E-state index contributed by atoms with van der Waals surface area (Å²) in [5.41, 5.74) is -0.957. The molecule has 8 nitrogen and oxygen atoms in total. The molecule has 0 aliphatic heterocycles. The summed E-state index contributed by atoms with van der Waals surface area (Å²) in [5, 5.41) is 10.3. The Morgan fingerprint density at radius 1 is 1.61 bits per heavy atom. The fraction of sp³-hybridized carbons (Fsp3) is 0.125. The molecule has 0 aliphatic carbocycles. The van der Waals surface area contributed by atoms with Crippen molar-refractivity contribution in [2.75, 3.05) is 11.8 Å². The summed E-state index contributed by atoms with van der Waals surface area (Å²) in [4.78, 5) is 21.2.